The average Bonchev–Trinajstić information content (AvgIpc) is 2.94. The van der Waals surface area contributed by atoms with E-state index in [4.69, 9.17) is 14.2 Å². The molecule has 0 atom stereocenters. The highest BCUT2D eigenvalue weighted by molar-refractivity contribution is 7.97. The predicted octanol–water partition coefficient (Wildman–Crippen LogP) is 6.04. The van der Waals surface area contributed by atoms with Gasteiger partial charge in [0.2, 0.25) is 0 Å². The van der Waals surface area contributed by atoms with Crippen LogP contribution in [0, 0.1) is 0 Å². The number of ether oxygens (including phenoxy) is 3. The Morgan fingerprint density at radius 3 is 2.39 bits per heavy atom. The molecule has 0 bridgehead atoms. The minimum Gasteiger partial charge on any atom is -0.493 e. The second kappa shape index (κ2) is 15.9. The van der Waals surface area contributed by atoms with Crippen molar-refractivity contribution in [2.45, 2.75) is 51.0 Å². The zero-order valence-electron chi connectivity index (χ0n) is 21.8. The Morgan fingerprint density at radius 2 is 1.81 bits per heavy atom. The third-order valence-electron chi connectivity index (χ3n) is 5.53. The Morgan fingerprint density at radius 1 is 1.11 bits per heavy atom. The van der Waals surface area contributed by atoms with E-state index in [9.17, 15) is 10.0 Å². The molecule has 1 amide bonds. The number of methoxy groups -OCH3 is 2. The number of amides is 1. The maximum absolute atomic E-state index is 12.3. The van der Waals surface area contributed by atoms with Crippen LogP contribution < -0.4 is 15.0 Å². The summed E-state index contributed by atoms with van der Waals surface area (Å²) in [6, 6.07) is 13.9. The number of nitrogens with zero attached hydrogens (tertiary/aromatic N) is 1. The van der Waals surface area contributed by atoms with Gasteiger partial charge in [0.15, 0.2) is 11.5 Å². The molecule has 1 aliphatic rings. The first-order chi connectivity index (χ1) is 17.6. The summed E-state index contributed by atoms with van der Waals surface area (Å²) >= 11 is 1.46. The molecule has 8 heteroatoms. The van der Waals surface area contributed by atoms with E-state index in [1.54, 1.807) is 17.6 Å². The second-order valence-corrected chi connectivity index (χ2v) is 8.87. The number of rotatable bonds is 10. The molecule has 3 rings (SSSR count). The molecule has 36 heavy (non-hydrogen) atoms. The quantitative estimate of drug-likeness (QED) is 0.132. The normalized spacial score (nSPS) is 14.7. The van der Waals surface area contributed by atoms with Gasteiger partial charge in [-0.15, -0.1) is 0 Å². The van der Waals surface area contributed by atoms with Gasteiger partial charge in [0.25, 0.3) is 5.91 Å². The van der Waals surface area contributed by atoms with Gasteiger partial charge in [-0.1, -0.05) is 50.3 Å². The largest absolute Gasteiger partial charge is 0.493 e. The molecule has 0 aromatic heterocycles. The lowest BCUT2D eigenvalue weighted by atomic mass is 10.1. The van der Waals surface area contributed by atoms with Gasteiger partial charge < -0.3 is 14.2 Å². The Kier molecular flexibility index (Phi) is 13.0. The molecule has 0 radical (unpaired) electrons. The van der Waals surface area contributed by atoms with Crippen molar-refractivity contribution in [3.8, 4) is 11.5 Å². The van der Waals surface area contributed by atoms with Gasteiger partial charge in [0, 0.05) is 18.0 Å². The summed E-state index contributed by atoms with van der Waals surface area (Å²) in [4.78, 5) is 13.0. The molecule has 1 aliphatic heterocycles. The molecule has 1 fully saturated rings. The Labute approximate surface area is 219 Å². The molecule has 2 aromatic rings. The van der Waals surface area contributed by atoms with Crippen LogP contribution in [0.1, 0.15) is 49.5 Å². The van der Waals surface area contributed by atoms with E-state index in [1.165, 1.54) is 31.7 Å². The van der Waals surface area contributed by atoms with Crippen molar-refractivity contribution in [1.82, 2.24) is 9.79 Å². The van der Waals surface area contributed by atoms with Gasteiger partial charge >= 0.3 is 0 Å². The van der Waals surface area contributed by atoms with E-state index in [2.05, 4.69) is 22.5 Å². The van der Waals surface area contributed by atoms with E-state index in [1.807, 2.05) is 51.1 Å². The van der Waals surface area contributed by atoms with E-state index in [-0.39, 0.29) is 17.4 Å². The van der Waals surface area contributed by atoms with Crippen LogP contribution >= 0.6 is 11.9 Å². The van der Waals surface area contributed by atoms with Gasteiger partial charge in [-0.05, 0) is 68.0 Å². The minimum atomic E-state index is -0.642. The molecule has 0 aliphatic carbocycles. The van der Waals surface area contributed by atoms with Crippen molar-refractivity contribution in [1.29, 1.82) is 0 Å². The monoisotopic (exact) mass is 514 g/mol. The molecule has 0 spiro atoms. The smallest absolute Gasteiger partial charge is 0.279 e. The topological polar surface area (TPSA) is 80.3 Å². The van der Waals surface area contributed by atoms with Crippen LogP contribution in [-0.4, -0.2) is 48.8 Å². The molecule has 7 nitrogen and oxygen atoms in total. The van der Waals surface area contributed by atoms with Crippen molar-refractivity contribution in [3.05, 3.63) is 77.6 Å². The van der Waals surface area contributed by atoms with Crippen LogP contribution in [0.4, 0.5) is 0 Å². The summed E-state index contributed by atoms with van der Waals surface area (Å²) in [5.41, 5.74) is 3.22. The van der Waals surface area contributed by atoms with Crippen molar-refractivity contribution in [3.63, 3.8) is 0 Å². The van der Waals surface area contributed by atoms with E-state index in [0.717, 1.165) is 38.1 Å². The number of hydrogen-bond acceptors (Lipinski definition) is 7. The standard InChI is InChI=1S/C26H32N2O5S.C2H6/c1-4-20(12-8-11-19-9-6-5-7-10-19)33-21-15-17-28(18-16-21)34-23-14-13-22(31-2)25(32-3)24(23)26(29)27-30;1-2/h4-10,12-14,21,30H,11,15-18H2,1-3H3,(H,27,29);1-2H3/b12-8-,20-4+;. The van der Waals surface area contributed by atoms with Gasteiger partial charge in [-0.2, -0.15) is 0 Å². The molecule has 2 N–H and O–H groups in total. The van der Waals surface area contributed by atoms with Crippen LogP contribution in [0.5, 0.6) is 11.5 Å². The Hall–Kier alpha value is -2.94. The highest BCUT2D eigenvalue weighted by Crippen LogP contribution is 2.39. The molecular weight excluding hydrogens is 476 g/mol. The molecular formula is C28H38N2O5S. The van der Waals surface area contributed by atoms with Gasteiger partial charge in [-0.3, -0.25) is 10.0 Å². The summed E-state index contributed by atoms with van der Waals surface area (Å²) in [5, 5.41) is 9.22. The summed E-state index contributed by atoms with van der Waals surface area (Å²) in [5.74, 6) is 0.953. The fourth-order valence-corrected chi connectivity index (χ4v) is 4.83. The number of carbonyl (C=O) groups excluding carboxylic acids is 1. The number of carbonyl (C=O) groups is 1. The molecule has 1 saturated heterocycles. The number of allylic oxidation sites excluding steroid dienone is 3. The first-order valence-electron chi connectivity index (χ1n) is 12.2. The van der Waals surface area contributed by atoms with E-state index < -0.39 is 5.91 Å². The Bertz CT molecular complexity index is 1000. The molecule has 0 unspecified atom stereocenters. The van der Waals surface area contributed by atoms with Gasteiger partial charge in [-0.25, -0.2) is 9.79 Å². The lowest BCUT2D eigenvalue weighted by Crippen LogP contribution is -2.33. The fraction of sp³-hybridized carbons (Fsp3) is 0.393. The van der Waals surface area contributed by atoms with E-state index in [0.29, 0.717) is 10.6 Å². The van der Waals surface area contributed by atoms with Crippen molar-refractivity contribution >= 4 is 17.9 Å². The predicted molar refractivity (Wildman–Crippen MR) is 145 cm³/mol. The number of hydroxylamine groups is 1. The van der Waals surface area contributed by atoms with Crippen LogP contribution in [-0.2, 0) is 11.2 Å². The number of hydrogen-bond donors (Lipinski definition) is 2. The summed E-state index contributed by atoms with van der Waals surface area (Å²) in [6.07, 6.45) is 8.89. The summed E-state index contributed by atoms with van der Waals surface area (Å²) in [6.45, 7) is 7.58. The van der Waals surface area contributed by atoms with Crippen molar-refractivity contribution in [2.24, 2.45) is 0 Å². The second-order valence-electron chi connectivity index (χ2n) is 7.74. The lowest BCUT2D eigenvalue weighted by molar-refractivity contribution is 0.0698. The fourth-order valence-electron chi connectivity index (χ4n) is 3.76. The lowest BCUT2D eigenvalue weighted by Gasteiger charge is -2.32. The van der Waals surface area contributed by atoms with Crippen molar-refractivity contribution < 1.29 is 24.2 Å². The average molecular weight is 515 g/mol. The van der Waals surface area contributed by atoms with E-state index >= 15 is 0 Å². The third kappa shape index (κ3) is 8.33. The zero-order valence-corrected chi connectivity index (χ0v) is 22.6. The van der Waals surface area contributed by atoms with Gasteiger partial charge in [0.05, 0.1) is 14.2 Å². The minimum absolute atomic E-state index is 0.134. The first-order valence-corrected chi connectivity index (χ1v) is 13.0. The maximum Gasteiger partial charge on any atom is 0.279 e. The summed E-state index contributed by atoms with van der Waals surface area (Å²) in [7, 11) is 2.97. The van der Waals surface area contributed by atoms with Crippen LogP contribution in [0.15, 0.2) is 71.3 Å². The first kappa shape index (κ1) is 29.3. The third-order valence-corrected chi connectivity index (χ3v) is 6.69. The SMILES string of the molecule is C/C=C(\C=C/Cc1ccccc1)OC1CCN(Sc2ccc(OC)c(OC)c2C(=O)NO)CC1.CC. The molecule has 1 heterocycles. The van der Waals surface area contributed by atoms with Crippen molar-refractivity contribution in [2.75, 3.05) is 27.3 Å². The van der Waals surface area contributed by atoms with Gasteiger partial charge in [0.1, 0.15) is 17.4 Å². The maximum atomic E-state index is 12.3. The molecule has 2 aromatic carbocycles. The molecule has 196 valence electrons. The number of benzene rings is 2. The van der Waals surface area contributed by atoms with Crippen LogP contribution in [0.25, 0.3) is 0 Å². The molecule has 0 saturated carbocycles. The highest BCUT2D eigenvalue weighted by Gasteiger charge is 2.26. The summed E-state index contributed by atoms with van der Waals surface area (Å²) < 4.78 is 19.1. The highest BCUT2D eigenvalue weighted by atomic mass is 32.2. The van der Waals surface area contributed by atoms with Crippen LogP contribution in [0.3, 0.4) is 0 Å². The zero-order chi connectivity index (χ0) is 26.3. The Balaban J connectivity index is 0.00000222. The number of nitrogens with one attached hydrogen (secondary N) is 1. The van der Waals surface area contributed by atoms with Crippen LogP contribution in [0.2, 0.25) is 0 Å². The number of piperidine rings is 1.